The first-order valence-corrected chi connectivity index (χ1v) is 6.56. The summed E-state index contributed by atoms with van der Waals surface area (Å²) < 4.78 is 5.47. The summed E-state index contributed by atoms with van der Waals surface area (Å²) in [6.45, 7) is 2.56. The topological polar surface area (TPSA) is 61.8 Å². The molecule has 0 unspecified atom stereocenters. The van der Waals surface area contributed by atoms with Gasteiger partial charge < -0.3 is 20.1 Å². The van der Waals surface area contributed by atoms with Gasteiger partial charge in [-0.05, 0) is 31.4 Å². The normalized spacial score (nSPS) is 25.6. The summed E-state index contributed by atoms with van der Waals surface area (Å²) in [6, 6.07) is 3.57. The van der Waals surface area contributed by atoms with Crippen LogP contribution < -0.4 is 5.32 Å². The molecule has 1 saturated heterocycles. The molecule has 3 rings (SSSR count). The average Bonchev–Trinajstić information content (AvgIpc) is 2.85. The summed E-state index contributed by atoms with van der Waals surface area (Å²) in [5.41, 5.74) is 1.76. The highest BCUT2D eigenvalue weighted by molar-refractivity contribution is 6.02. The monoisotopic (exact) mass is 262 g/mol. The van der Waals surface area contributed by atoms with Crippen LogP contribution in [0.2, 0.25) is 0 Å². The lowest BCUT2D eigenvalue weighted by atomic mass is 10.1. The predicted molar refractivity (Wildman–Crippen MR) is 71.3 cm³/mol. The van der Waals surface area contributed by atoms with Crippen LogP contribution in [0.15, 0.2) is 12.1 Å². The summed E-state index contributed by atoms with van der Waals surface area (Å²) in [5.74, 6) is 0.105. The quantitative estimate of drug-likeness (QED) is 0.756. The Bertz CT molecular complexity index is 530. The molecule has 0 bridgehead atoms. The van der Waals surface area contributed by atoms with Crippen molar-refractivity contribution in [3.8, 4) is 5.75 Å². The van der Waals surface area contributed by atoms with Crippen molar-refractivity contribution in [1.82, 2.24) is 4.90 Å². The average molecular weight is 262 g/mol. The van der Waals surface area contributed by atoms with Crippen LogP contribution in [0.5, 0.6) is 5.75 Å². The molecule has 5 nitrogen and oxygen atoms in total. The number of phenolic OH excluding ortho intramolecular Hbond substituents is 1. The highest BCUT2D eigenvalue weighted by Gasteiger charge is 2.40. The lowest BCUT2D eigenvalue weighted by molar-refractivity contribution is 0.0420. The largest absolute Gasteiger partial charge is 0.505 e. The molecule has 2 aliphatic rings. The number of anilines is 1. The Hall–Kier alpha value is -1.75. The number of hydrogen-bond donors (Lipinski definition) is 2. The highest BCUT2D eigenvalue weighted by Crippen LogP contribution is 2.37. The number of rotatable bonds is 1. The predicted octanol–water partition coefficient (Wildman–Crippen LogP) is 1.70. The van der Waals surface area contributed by atoms with Crippen LogP contribution >= 0.6 is 0 Å². The van der Waals surface area contributed by atoms with Crippen LogP contribution in [-0.4, -0.2) is 41.8 Å². The summed E-state index contributed by atoms with van der Waals surface area (Å²) in [5, 5.41) is 13.4. The van der Waals surface area contributed by atoms with Crippen LogP contribution in [0.25, 0.3) is 0 Å². The minimum atomic E-state index is -0.277. The van der Waals surface area contributed by atoms with Gasteiger partial charge in [0.2, 0.25) is 0 Å². The third-order valence-corrected chi connectivity index (χ3v) is 4.06. The Labute approximate surface area is 112 Å². The number of amides is 1. The minimum absolute atomic E-state index is 0.0279. The number of hydrogen-bond acceptors (Lipinski definition) is 4. The molecule has 1 aromatic rings. The van der Waals surface area contributed by atoms with Gasteiger partial charge in [-0.1, -0.05) is 6.07 Å². The zero-order chi connectivity index (χ0) is 13.6. The molecule has 5 heteroatoms. The Morgan fingerprint density at radius 1 is 1.47 bits per heavy atom. The van der Waals surface area contributed by atoms with E-state index in [0.29, 0.717) is 11.3 Å². The van der Waals surface area contributed by atoms with Gasteiger partial charge in [0.1, 0.15) is 12.0 Å². The van der Waals surface area contributed by atoms with Gasteiger partial charge in [-0.2, -0.15) is 0 Å². The molecule has 2 atom stereocenters. The zero-order valence-electron chi connectivity index (χ0n) is 11.1. The number of phenols is 1. The minimum Gasteiger partial charge on any atom is -0.505 e. The fraction of sp³-hybridized carbons (Fsp3) is 0.500. The fourth-order valence-corrected chi connectivity index (χ4v) is 2.99. The van der Waals surface area contributed by atoms with E-state index in [4.69, 9.17) is 4.74 Å². The Balaban J connectivity index is 2.13. The maximum absolute atomic E-state index is 12.6. The van der Waals surface area contributed by atoms with Crippen LogP contribution in [0.1, 0.15) is 28.8 Å². The second-order valence-corrected chi connectivity index (χ2v) is 5.16. The van der Waals surface area contributed by atoms with Crippen molar-refractivity contribution in [2.75, 3.05) is 19.0 Å². The van der Waals surface area contributed by atoms with E-state index in [2.05, 4.69) is 5.32 Å². The Kier molecular flexibility index (Phi) is 2.86. The molecule has 2 heterocycles. The Morgan fingerprint density at radius 2 is 2.26 bits per heavy atom. The Morgan fingerprint density at radius 3 is 3.00 bits per heavy atom. The number of carbonyl (C=O) groups is 1. The van der Waals surface area contributed by atoms with Crippen molar-refractivity contribution in [3.05, 3.63) is 23.3 Å². The van der Waals surface area contributed by atoms with Gasteiger partial charge in [-0.25, -0.2) is 0 Å². The first kappa shape index (κ1) is 12.3. The first-order valence-electron chi connectivity index (χ1n) is 6.56. The van der Waals surface area contributed by atoms with Gasteiger partial charge >= 0.3 is 0 Å². The number of carbonyl (C=O) groups excluding carboxylic acids is 1. The number of aromatic hydroxyl groups is 1. The SMILES string of the molecule is CO[C@@H]1Nc2c(ccc(C)c2O)C(=O)N2CCC[C@@H]12. The van der Waals surface area contributed by atoms with Crippen molar-refractivity contribution < 1.29 is 14.6 Å². The molecule has 19 heavy (non-hydrogen) atoms. The van der Waals surface area contributed by atoms with E-state index in [1.165, 1.54) is 0 Å². The molecule has 1 aromatic carbocycles. The molecule has 0 spiro atoms. The molecule has 0 saturated carbocycles. The van der Waals surface area contributed by atoms with E-state index in [0.717, 1.165) is 24.9 Å². The smallest absolute Gasteiger partial charge is 0.256 e. The van der Waals surface area contributed by atoms with Crippen molar-refractivity contribution in [3.63, 3.8) is 0 Å². The van der Waals surface area contributed by atoms with Crippen molar-refractivity contribution in [1.29, 1.82) is 0 Å². The third-order valence-electron chi connectivity index (χ3n) is 4.06. The van der Waals surface area contributed by atoms with Gasteiger partial charge in [0.25, 0.3) is 5.91 Å². The summed E-state index contributed by atoms with van der Waals surface area (Å²) >= 11 is 0. The molecule has 1 amide bonds. The fourth-order valence-electron chi connectivity index (χ4n) is 2.99. The number of aryl methyl sites for hydroxylation is 1. The third kappa shape index (κ3) is 1.76. The maximum Gasteiger partial charge on any atom is 0.256 e. The van der Waals surface area contributed by atoms with Gasteiger partial charge in [0.05, 0.1) is 17.3 Å². The molecular formula is C14H18N2O3. The molecular weight excluding hydrogens is 244 g/mol. The van der Waals surface area contributed by atoms with E-state index in [1.54, 1.807) is 19.2 Å². The molecule has 0 radical (unpaired) electrons. The number of fused-ring (bicyclic) bond motifs is 2. The standard InChI is InChI=1S/C14H18N2O3/c1-8-5-6-9-11(12(8)17)15-13(19-2)10-4-3-7-16(10)14(9)18/h5-6,10,13,15,17H,3-4,7H2,1-2H3/t10-,13-/m0/s1. The van der Waals surface area contributed by atoms with Gasteiger partial charge in [-0.3, -0.25) is 4.79 Å². The number of nitrogens with zero attached hydrogens (tertiary/aromatic N) is 1. The van der Waals surface area contributed by atoms with Crippen LogP contribution in [0.3, 0.4) is 0 Å². The second-order valence-electron chi connectivity index (χ2n) is 5.16. The highest BCUT2D eigenvalue weighted by atomic mass is 16.5. The van der Waals surface area contributed by atoms with Crippen molar-refractivity contribution >= 4 is 11.6 Å². The molecule has 0 aliphatic carbocycles. The second kappa shape index (κ2) is 4.42. The van der Waals surface area contributed by atoms with Crippen molar-refractivity contribution in [2.45, 2.75) is 32.0 Å². The van der Waals surface area contributed by atoms with Gasteiger partial charge in [-0.15, -0.1) is 0 Å². The van der Waals surface area contributed by atoms with E-state index in [-0.39, 0.29) is 23.9 Å². The summed E-state index contributed by atoms with van der Waals surface area (Å²) in [7, 11) is 1.62. The summed E-state index contributed by atoms with van der Waals surface area (Å²) in [4.78, 5) is 14.4. The molecule has 102 valence electrons. The van der Waals surface area contributed by atoms with Crippen molar-refractivity contribution in [2.24, 2.45) is 0 Å². The lowest BCUT2D eigenvalue weighted by Gasteiger charge is -2.28. The maximum atomic E-state index is 12.6. The number of nitrogens with one attached hydrogen (secondary N) is 1. The van der Waals surface area contributed by atoms with E-state index < -0.39 is 0 Å². The lowest BCUT2D eigenvalue weighted by Crippen LogP contribution is -2.44. The first-order chi connectivity index (χ1) is 9.13. The molecule has 0 aromatic heterocycles. The molecule has 2 N–H and O–H groups in total. The number of benzene rings is 1. The van der Waals surface area contributed by atoms with Crippen LogP contribution in [-0.2, 0) is 4.74 Å². The molecule has 2 aliphatic heterocycles. The number of methoxy groups -OCH3 is 1. The van der Waals surface area contributed by atoms with Crippen LogP contribution in [0, 0.1) is 6.92 Å². The van der Waals surface area contributed by atoms with E-state index >= 15 is 0 Å². The van der Waals surface area contributed by atoms with Gasteiger partial charge in [0.15, 0.2) is 0 Å². The van der Waals surface area contributed by atoms with Gasteiger partial charge in [0, 0.05) is 13.7 Å². The van der Waals surface area contributed by atoms with E-state index in [9.17, 15) is 9.90 Å². The number of ether oxygens (including phenoxy) is 1. The molecule has 1 fully saturated rings. The van der Waals surface area contributed by atoms with Crippen LogP contribution in [0.4, 0.5) is 5.69 Å². The summed E-state index contributed by atoms with van der Waals surface area (Å²) in [6.07, 6.45) is 1.64. The zero-order valence-corrected chi connectivity index (χ0v) is 11.1. The van der Waals surface area contributed by atoms with E-state index in [1.807, 2.05) is 11.8 Å².